The quantitative estimate of drug-likeness (QED) is 0.613. The predicted octanol–water partition coefficient (Wildman–Crippen LogP) is 5.93. The Morgan fingerprint density at radius 2 is 1.77 bits per heavy atom. The van der Waals surface area contributed by atoms with Gasteiger partial charge in [0.15, 0.2) is 0 Å². The third-order valence-electron chi connectivity index (χ3n) is 3.66. The van der Waals surface area contributed by atoms with Gasteiger partial charge in [-0.15, -0.1) is 11.8 Å². The normalized spacial score (nSPS) is 12.7. The summed E-state index contributed by atoms with van der Waals surface area (Å²) in [5.74, 6) is 8.45. The maximum atomic E-state index is 6.03. The van der Waals surface area contributed by atoms with E-state index in [1.807, 2.05) is 0 Å². The van der Waals surface area contributed by atoms with Crippen molar-refractivity contribution in [3.63, 3.8) is 0 Å². The monoisotopic (exact) mass is 300 g/mol. The van der Waals surface area contributed by atoms with Crippen LogP contribution in [0.4, 0.5) is 0 Å². The van der Waals surface area contributed by atoms with Crippen LogP contribution in [0.1, 0.15) is 78.4 Å². The largest absolute Gasteiger partial charge is 0.493 e. The van der Waals surface area contributed by atoms with Gasteiger partial charge in [0.25, 0.3) is 0 Å². The molecule has 122 valence electrons. The van der Waals surface area contributed by atoms with E-state index in [0.29, 0.717) is 11.8 Å². The van der Waals surface area contributed by atoms with Gasteiger partial charge in [-0.3, -0.25) is 0 Å². The second kappa shape index (κ2) is 8.28. The van der Waals surface area contributed by atoms with Gasteiger partial charge in [0.1, 0.15) is 5.75 Å². The molecule has 0 N–H and O–H groups in total. The van der Waals surface area contributed by atoms with Crippen molar-refractivity contribution in [3.05, 3.63) is 29.3 Å². The van der Waals surface area contributed by atoms with Gasteiger partial charge in [0, 0.05) is 12.8 Å². The number of hydrogen-bond acceptors (Lipinski definition) is 1. The van der Waals surface area contributed by atoms with Crippen molar-refractivity contribution >= 4 is 0 Å². The zero-order chi connectivity index (χ0) is 16.8. The average Bonchev–Trinajstić information content (AvgIpc) is 2.44. The lowest BCUT2D eigenvalue weighted by atomic mass is 9.83. The van der Waals surface area contributed by atoms with Crippen molar-refractivity contribution < 1.29 is 4.74 Å². The van der Waals surface area contributed by atoms with Crippen LogP contribution in [0.5, 0.6) is 5.75 Å². The summed E-state index contributed by atoms with van der Waals surface area (Å²) in [6.45, 7) is 16.2. The third-order valence-corrected chi connectivity index (χ3v) is 3.66. The Balaban J connectivity index is 3.04. The molecule has 0 fully saturated rings. The van der Waals surface area contributed by atoms with Crippen LogP contribution in [-0.4, -0.2) is 6.61 Å². The van der Waals surface area contributed by atoms with Crippen molar-refractivity contribution in [3.8, 4) is 17.6 Å². The topological polar surface area (TPSA) is 9.23 Å². The average molecular weight is 300 g/mol. The lowest BCUT2D eigenvalue weighted by molar-refractivity contribution is 0.265. The molecule has 0 aliphatic carbocycles. The Kier molecular flexibility index (Phi) is 7.01. The van der Waals surface area contributed by atoms with Gasteiger partial charge in [0.05, 0.1) is 6.61 Å². The van der Waals surface area contributed by atoms with E-state index in [9.17, 15) is 0 Å². The summed E-state index contributed by atoms with van der Waals surface area (Å²) in [4.78, 5) is 0. The van der Waals surface area contributed by atoms with Crippen LogP contribution in [0, 0.1) is 17.8 Å². The SMILES string of the molecule is CCC#CCC(C)c1ccc(OCC(C)C)c(C(C)(C)C)c1. The van der Waals surface area contributed by atoms with Gasteiger partial charge in [-0.2, -0.15) is 0 Å². The van der Waals surface area contributed by atoms with Crippen LogP contribution in [0.2, 0.25) is 0 Å². The van der Waals surface area contributed by atoms with Gasteiger partial charge in [-0.25, -0.2) is 0 Å². The summed E-state index contributed by atoms with van der Waals surface area (Å²) >= 11 is 0. The van der Waals surface area contributed by atoms with Gasteiger partial charge < -0.3 is 4.74 Å². The molecule has 1 heteroatoms. The highest BCUT2D eigenvalue weighted by atomic mass is 16.5. The van der Waals surface area contributed by atoms with E-state index < -0.39 is 0 Å². The van der Waals surface area contributed by atoms with E-state index in [1.165, 1.54) is 11.1 Å². The molecule has 0 aromatic heterocycles. The van der Waals surface area contributed by atoms with Crippen LogP contribution >= 0.6 is 0 Å². The molecule has 0 aliphatic heterocycles. The fourth-order valence-electron chi connectivity index (χ4n) is 2.29. The first-order valence-electron chi connectivity index (χ1n) is 8.48. The Hall–Kier alpha value is -1.42. The molecule has 1 aromatic rings. The number of rotatable bonds is 5. The molecule has 0 radical (unpaired) electrons. The molecular formula is C21H32O. The first kappa shape index (κ1) is 18.6. The highest BCUT2D eigenvalue weighted by molar-refractivity contribution is 5.42. The van der Waals surface area contributed by atoms with E-state index in [0.717, 1.165) is 25.2 Å². The summed E-state index contributed by atoms with van der Waals surface area (Å²) in [5, 5.41) is 0. The van der Waals surface area contributed by atoms with E-state index in [4.69, 9.17) is 4.74 Å². The second-order valence-corrected chi connectivity index (χ2v) is 7.52. The first-order chi connectivity index (χ1) is 10.3. The maximum Gasteiger partial charge on any atom is 0.123 e. The summed E-state index contributed by atoms with van der Waals surface area (Å²) in [7, 11) is 0. The molecule has 1 unspecified atom stereocenters. The molecule has 0 bridgehead atoms. The van der Waals surface area contributed by atoms with Gasteiger partial charge >= 0.3 is 0 Å². The Labute approximate surface area is 137 Å². The molecule has 1 atom stereocenters. The Morgan fingerprint density at radius 3 is 2.32 bits per heavy atom. The standard InChI is InChI=1S/C21H32O/c1-8-9-10-11-17(4)18-12-13-20(22-15-16(2)3)19(14-18)21(5,6)7/h12-14,16-17H,8,11,15H2,1-7H3. The fraction of sp³-hybridized carbons (Fsp3) is 0.619. The van der Waals surface area contributed by atoms with Gasteiger partial charge in [-0.1, -0.05) is 60.6 Å². The molecule has 0 saturated carbocycles. The molecule has 0 amide bonds. The minimum absolute atomic E-state index is 0.0805. The zero-order valence-electron chi connectivity index (χ0n) is 15.4. The highest BCUT2D eigenvalue weighted by Crippen LogP contribution is 2.34. The van der Waals surface area contributed by atoms with Gasteiger partial charge in [-0.05, 0) is 34.4 Å². The lowest BCUT2D eigenvalue weighted by Crippen LogP contribution is -2.16. The second-order valence-electron chi connectivity index (χ2n) is 7.52. The summed E-state index contributed by atoms with van der Waals surface area (Å²) in [6, 6.07) is 6.65. The van der Waals surface area contributed by atoms with E-state index in [2.05, 4.69) is 78.5 Å². The van der Waals surface area contributed by atoms with E-state index in [-0.39, 0.29) is 5.41 Å². The third kappa shape index (κ3) is 5.76. The van der Waals surface area contributed by atoms with Crippen molar-refractivity contribution in [2.45, 2.75) is 72.6 Å². The van der Waals surface area contributed by atoms with E-state index in [1.54, 1.807) is 0 Å². The molecule has 0 saturated heterocycles. The molecule has 1 aromatic carbocycles. The minimum Gasteiger partial charge on any atom is -0.493 e. The summed E-state index contributed by atoms with van der Waals surface area (Å²) < 4.78 is 6.03. The summed E-state index contributed by atoms with van der Waals surface area (Å²) in [5.41, 5.74) is 2.73. The van der Waals surface area contributed by atoms with Crippen molar-refractivity contribution in [2.24, 2.45) is 5.92 Å². The molecule has 0 spiro atoms. The van der Waals surface area contributed by atoms with Crippen LogP contribution in [0.25, 0.3) is 0 Å². The highest BCUT2D eigenvalue weighted by Gasteiger charge is 2.21. The Bertz CT molecular complexity index is 523. The Morgan fingerprint density at radius 1 is 1.09 bits per heavy atom. The van der Waals surface area contributed by atoms with Crippen LogP contribution in [0.3, 0.4) is 0 Å². The van der Waals surface area contributed by atoms with Crippen molar-refractivity contribution in [2.75, 3.05) is 6.61 Å². The van der Waals surface area contributed by atoms with Crippen LogP contribution in [0.15, 0.2) is 18.2 Å². The van der Waals surface area contributed by atoms with Crippen molar-refractivity contribution in [1.82, 2.24) is 0 Å². The minimum atomic E-state index is 0.0805. The van der Waals surface area contributed by atoms with Gasteiger partial charge in [0.2, 0.25) is 0 Å². The molecular weight excluding hydrogens is 268 g/mol. The molecule has 0 heterocycles. The molecule has 1 nitrogen and oxygen atoms in total. The fourth-order valence-corrected chi connectivity index (χ4v) is 2.29. The number of ether oxygens (including phenoxy) is 1. The molecule has 22 heavy (non-hydrogen) atoms. The molecule has 1 rings (SSSR count). The number of benzene rings is 1. The number of hydrogen-bond donors (Lipinski definition) is 0. The predicted molar refractivity (Wildman–Crippen MR) is 96.6 cm³/mol. The maximum absolute atomic E-state index is 6.03. The van der Waals surface area contributed by atoms with E-state index >= 15 is 0 Å². The lowest BCUT2D eigenvalue weighted by Gasteiger charge is -2.25. The van der Waals surface area contributed by atoms with Crippen LogP contribution in [-0.2, 0) is 5.41 Å². The van der Waals surface area contributed by atoms with Crippen molar-refractivity contribution in [1.29, 1.82) is 0 Å². The zero-order valence-corrected chi connectivity index (χ0v) is 15.4. The molecule has 0 aliphatic rings. The smallest absolute Gasteiger partial charge is 0.123 e. The first-order valence-corrected chi connectivity index (χ1v) is 8.48. The van der Waals surface area contributed by atoms with Crippen LogP contribution < -0.4 is 4.74 Å². The summed E-state index contributed by atoms with van der Waals surface area (Å²) in [6.07, 6.45) is 1.85.